The van der Waals surface area contributed by atoms with Crippen molar-refractivity contribution in [2.75, 3.05) is 0 Å². The summed E-state index contributed by atoms with van der Waals surface area (Å²) in [7, 11) is 0. The molecule has 9 heteroatoms. The number of oxime groups is 1. The molecule has 0 spiro atoms. The smallest absolute Gasteiger partial charge is 0.270 e. The molecule has 2 rings (SSSR count). The summed E-state index contributed by atoms with van der Waals surface area (Å²) in [5.41, 5.74) is 6.65. The van der Waals surface area contributed by atoms with Gasteiger partial charge < -0.3 is 10.9 Å². The zero-order valence-corrected chi connectivity index (χ0v) is 11.9. The van der Waals surface area contributed by atoms with Crippen LogP contribution < -0.4 is 5.73 Å². The molecule has 0 saturated heterocycles. The summed E-state index contributed by atoms with van der Waals surface area (Å²) in [4.78, 5) is 15.2. The first-order valence-electron chi connectivity index (χ1n) is 5.37. The Kier molecular flexibility index (Phi) is 4.20. The molecular weight excluding hydrogens is 300 g/mol. The minimum Gasteiger partial charge on any atom is -0.409 e. The van der Waals surface area contributed by atoms with Gasteiger partial charge in [0, 0.05) is 33.7 Å². The number of aromatic nitrogens is 1. The summed E-state index contributed by atoms with van der Waals surface area (Å²) in [6, 6.07) is 4.21. The molecule has 0 bridgehead atoms. The van der Waals surface area contributed by atoms with Crippen molar-refractivity contribution in [2.24, 2.45) is 10.9 Å². The molecule has 2 aromatic rings. The lowest BCUT2D eigenvalue weighted by molar-refractivity contribution is -0.384. The van der Waals surface area contributed by atoms with Gasteiger partial charge >= 0.3 is 0 Å². The van der Waals surface area contributed by atoms with Crippen molar-refractivity contribution in [3.05, 3.63) is 45.0 Å². The number of hydrogen-bond acceptors (Lipinski definition) is 7. The minimum atomic E-state index is -0.532. The van der Waals surface area contributed by atoms with Gasteiger partial charge in [0.2, 0.25) is 0 Å². The summed E-state index contributed by atoms with van der Waals surface area (Å²) in [6.07, 6.45) is 0. The van der Waals surface area contributed by atoms with Gasteiger partial charge in [0.1, 0.15) is 0 Å². The number of nitro benzene ring substituents is 1. The van der Waals surface area contributed by atoms with Crippen molar-refractivity contribution in [1.82, 2.24) is 4.98 Å². The number of nitrogens with two attached hydrogens (primary N) is 1. The van der Waals surface area contributed by atoms with E-state index in [1.54, 1.807) is 6.07 Å². The molecule has 0 aliphatic heterocycles. The lowest BCUT2D eigenvalue weighted by Gasteiger charge is -2.06. The van der Waals surface area contributed by atoms with Crippen LogP contribution in [0.5, 0.6) is 0 Å². The number of thiazole rings is 1. The summed E-state index contributed by atoms with van der Waals surface area (Å²) in [6.45, 7) is 1.88. The van der Waals surface area contributed by atoms with E-state index >= 15 is 0 Å². The predicted octanol–water partition coefficient (Wildman–Crippen LogP) is 2.61. The second-order valence-corrected chi connectivity index (χ2v) is 5.93. The van der Waals surface area contributed by atoms with E-state index < -0.39 is 4.92 Å². The van der Waals surface area contributed by atoms with E-state index in [1.165, 1.54) is 35.2 Å². The van der Waals surface area contributed by atoms with E-state index in [2.05, 4.69) is 10.1 Å². The van der Waals surface area contributed by atoms with E-state index in [-0.39, 0.29) is 11.5 Å². The Balaban J connectivity index is 2.43. The molecule has 1 aromatic heterocycles. The third kappa shape index (κ3) is 3.06. The van der Waals surface area contributed by atoms with Crippen molar-refractivity contribution in [3.63, 3.8) is 0 Å². The Morgan fingerprint density at radius 3 is 2.90 bits per heavy atom. The maximum Gasteiger partial charge on any atom is 0.270 e. The van der Waals surface area contributed by atoms with Gasteiger partial charge in [0.25, 0.3) is 5.69 Å². The fraction of sp³-hybridized carbons (Fsp3) is 0.0909. The molecule has 0 aliphatic rings. The second-order valence-electron chi connectivity index (χ2n) is 3.78. The fourth-order valence-electron chi connectivity index (χ4n) is 1.45. The van der Waals surface area contributed by atoms with E-state index in [4.69, 9.17) is 10.9 Å². The van der Waals surface area contributed by atoms with Gasteiger partial charge in [-0.05, 0) is 13.0 Å². The SMILES string of the molecule is Cc1csc(Sc2ccc([N+](=O)[O-])cc2C(N)=NO)n1. The molecule has 1 aromatic carbocycles. The first-order chi connectivity index (χ1) is 9.51. The van der Waals surface area contributed by atoms with Crippen molar-refractivity contribution in [2.45, 2.75) is 16.2 Å². The second kappa shape index (κ2) is 5.88. The van der Waals surface area contributed by atoms with Crippen molar-refractivity contribution >= 4 is 34.6 Å². The Labute approximate surface area is 122 Å². The number of non-ortho nitro benzene ring substituents is 1. The molecule has 1 heterocycles. The summed E-state index contributed by atoms with van der Waals surface area (Å²) >= 11 is 2.77. The summed E-state index contributed by atoms with van der Waals surface area (Å²) in [5.74, 6) is -0.176. The van der Waals surface area contributed by atoms with Crippen LogP contribution in [0.15, 0.2) is 38.0 Å². The van der Waals surface area contributed by atoms with Crippen LogP contribution in [0.25, 0.3) is 0 Å². The number of aryl methyl sites for hydroxylation is 1. The highest BCUT2D eigenvalue weighted by Crippen LogP contribution is 2.34. The normalized spacial score (nSPS) is 11.6. The van der Waals surface area contributed by atoms with Crippen molar-refractivity contribution < 1.29 is 10.1 Å². The highest BCUT2D eigenvalue weighted by atomic mass is 32.2. The number of amidine groups is 1. The van der Waals surface area contributed by atoms with E-state index in [1.807, 2.05) is 12.3 Å². The van der Waals surface area contributed by atoms with Gasteiger partial charge in [0.15, 0.2) is 10.2 Å². The van der Waals surface area contributed by atoms with Gasteiger partial charge in [-0.25, -0.2) is 4.98 Å². The molecule has 0 atom stereocenters. The maximum absolute atomic E-state index is 10.8. The van der Waals surface area contributed by atoms with Crippen LogP contribution in [0, 0.1) is 17.0 Å². The highest BCUT2D eigenvalue weighted by molar-refractivity contribution is 8.01. The monoisotopic (exact) mass is 310 g/mol. The molecule has 20 heavy (non-hydrogen) atoms. The Hall–Kier alpha value is -2.13. The number of rotatable bonds is 4. The van der Waals surface area contributed by atoms with Gasteiger partial charge in [-0.15, -0.1) is 11.3 Å². The molecule has 0 unspecified atom stereocenters. The largest absolute Gasteiger partial charge is 0.409 e. The molecule has 0 saturated carbocycles. The molecule has 7 nitrogen and oxygen atoms in total. The lowest BCUT2D eigenvalue weighted by atomic mass is 10.2. The van der Waals surface area contributed by atoms with Crippen molar-refractivity contribution in [3.8, 4) is 0 Å². The Morgan fingerprint density at radius 1 is 1.60 bits per heavy atom. The first kappa shape index (κ1) is 14.3. The van der Waals surface area contributed by atoms with Crippen molar-refractivity contribution in [1.29, 1.82) is 0 Å². The number of benzene rings is 1. The average Bonchev–Trinajstić information content (AvgIpc) is 2.83. The molecular formula is C11H10N4O3S2. The van der Waals surface area contributed by atoms with Gasteiger partial charge in [0.05, 0.1) is 4.92 Å². The summed E-state index contributed by atoms with van der Waals surface area (Å²) in [5, 5.41) is 24.4. The highest BCUT2D eigenvalue weighted by Gasteiger charge is 2.15. The first-order valence-corrected chi connectivity index (χ1v) is 7.07. The van der Waals surface area contributed by atoms with Crippen LogP contribution in [-0.2, 0) is 0 Å². The Bertz CT molecular complexity index is 684. The average molecular weight is 310 g/mol. The van der Waals surface area contributed by atoms with Gasteiger partial charge in [-0.1, -0.05) is 16.9 Å². The van der Waals surface area contributed by atoms with Crippen LogP contribution in [0.3, 0.4) is 0 Å². The van der Waals surface area contributed by atoms with Crippen LogP contribution in [0.4, 0.5) is 5.69 Å². The molecule has 0 aliphatic carbocycles. The third-order valence-corrected chi connectivity index (χ3v) is 4.49. The van der Waals surface area contributed by atoms with Crippen LogP contribution in [-0.4, -0.2) is 21.0 Å². The zero-order chi connectivity index (χ0) is 14.7. The maximum atomic E-state index is 10.8. The van der Waals surface area contributed by atoms with Crippen LogP contribution in [0.1, 0.15) is 11.3 Å². The number of hydrogen-bond donors (Lipinski definition) is 2. The topological polar surface area (TPSA) is 115 Å². The van der Waals surface area contributed by atoms with E-state index in [0.29, 0.717) is 10.5 Å². The zero-order valence-electron chi connectivity index (χ0n) is 10.3. The molecule has 0 fully saturated rings. The lowest BCUT2D eigenvalue weighted by Crippen LogP contribution is -2.14. The molecule has 0 amide bonds. The van der Waals surface area contributed by atoms with E-state index in [9.17, 15) is 10.1 Å². The third-order valence-electron chi connectivity index (χ3n) is 2.35. The number of nitro groups is 1. The summed E-state index contributed by atoms with van der Waals surface area (Å²) < 4.78 is 0.781. The Morgan fingerprint density at radius 2 is 2.35 bits per heavy atom. The van der Waals surface area contributed by atoms with Crippen LogP contribution >= 0.6 is 23.1 Å². The number of nitrogens with zero attached hydrogens (tertiary/aromatic N) is 3. The van der Waals surface area contributed by atoms with E-state index in [0.717, 1.165) is 10.0 Å². The van der Waals surface area contributed by atoms with Gasteiger partial charge in [-0.3, -0.25) is 10.1 Å². The molecule has 104 valence electrons. The predicted molar refractivity (Wildman–Crippen MR) is 76.6 cm³/mol. The van der Waals surface area contributed by atoms with Crippen LogP contribution in [0.2, 0.25) is 0 Å². The van der Waals surface area contributed by atoms with Gasteiger partial charge in [-0.2, -0.15) is 0 Å². The molecule has 0 radical (unpaired) electrons. The minimum absolute atomic E-state index is 0.119. The fourth-order valence-corrected chi connectivity index (χ4v) is 3.36. The standard InChI is InChI=1S/C11H10N4O3S2/c1-6-5-19-11(13-6)20-9-3-2-7(15(17)18)4-8(9)10(12)14-16/h2-5,16H,1H3,(H2,12,14). The molecule has 3 N–H and O–H groups in total. The quantitative estimate of drug-likeness (QED) is 0.295.